The maximum Gasteiger partial charge on any atom is 0.201 e. The van der Waals surface area contributed by atoms with Crippen LogP contribution in [0.5, 0.6) is 0 Å². The summed E-state index contributed by atoms with van der Waals surface area (Å²) in [5.74, 6) is 1.33. The van der Waals surface area contributed by atoms with E-state index in [1.54, 1.807) is 0 Å². The Labute approximate surface area is 107 Å². The molecule has 96 valence electrons. The van der Waals surface area contributed by atoms with Crippen LogP contribution in [0.25, 0.3) is 11.0 Å². The molecule has 0 bridgehead atoms. The molecule has 2 aromatic rings. The molecule has 0 spiro atoms. The van der Waals surface area contributed by atoms with E-state index in [1.165, 1.54) is 19.4 Å². The van der Waals surface area contributed by atoms with E-state index in [1.807, 2.05) is 18.2 Å². The molecule has 4 heteroatoms. The molecular formula is C14H20N4. The van der Waals surface area contributed by atoms with Crippen LogP contribution in [0, 0.1) is 5.92 Å². The molecule has 1 aromatic carbocycles. The Morgan fingerprint density at radius 1 is 1.39 bits per heavy atom. The Morgan fingerprint density at radius 2 is 2.22 bits per heavy atom. The number of para-hydroxylation sites is 2. The molecular weight excluding hydrogens is 224 g/mol. The van der Waals surface area contributed by atoms with E-state index in [4.69, 9.17) is 5.73 Å². The van der Waals surface area contributed by atoms with Crippen molar-refractivity contribution in [3.63, 3.8) is 0 Å². The number of fused-ring (bicyclic) bond motifs is 1. The predicted octanol–water partition coefficient (Wildman–Crippen LogP) is 1.96. The molecule has 3 rings (SSSR count). The lowest BCUT2D eigenvalue weighted by Crippen LogP contribution is -2.34. The predicted molar refractivity (Wildman–Crippen MR) is 74.4 cm³/mol. The van der Waals surface area contributed by atoms with E-state index in [0.717, 1.165) is 24.1 Å². The standard InChI is InChI=1S/C14H20N4/c1-17-8-4-5-11(9-17)10-18-13-7-3-2-6-12(13)16-14(18)15/h2-3,6-7,11H,4-5,8-10H2,1H3,(H2,15,16). The molecule has 1 saturated heterocycles. The minimum Gasteiger partial charge on any atom is -0.369 e. The minimum absolute atomic E-state index is 0.643. The van der Waals surface area contributed by atoms with Crippen LogP contribution < -0.4 is 5.73 Å². The second kappa shape index (κ2) is 4.61. The van der Waals surface area contributed by atoms with E-state index >= 15 is 0 Å². The average molecular weight is 244 g/mol. The summed E-state index contributed by atoms with van der Waals surface area (Å²) >= 11 is 0. The fraction of sp³-hybridized carbons (Fsp3) is 0.500. The molecule has 2 N–H and O–H groups in total. The highest BCUT2D eigenvalue weighted by molar-refractivity contribution is 5.78. The van der Waals surface area contributed by atoms with Crippen molar-refractivity contribution in [3.8, 4) is 0 Å². The number of anilines is 1. The Hall–Kier alpha value is -1.55. The van der Waals surface area contributed by atoms with Gasteiger partial charge in [0.15, 0.2) is 0 Å². The van der Waals surface area contributed by atoms with Gasteiger partial charge in [-0.05, 0) is 44.5 Å². The molecule has 1 aliphatic rings. The van der Waals surface area contributed by atoms with E-state index in [2.05, 4.69) is 27.6 Å². The first-order valence-corrected chi connectivity index (χ1v) is 6.63. The second-order valence-electron chi connectivity index (χ2n) is 5.34. The number of likely N-dealkylation sites (tertiary alicyclic amines) is 1. The van der Waals surface area contributed by atoms with Gasteiger partial charge in [-0.25, -0.2) is 4.98 Å². The van der Waals surface area contributed by atoms with Crippen molar-refractivity contribution in [3.05, 3.63) is 24.3 Å². The van der Waals surface area contributed by atoms with Gasteiger partial charge in [0.05, 0.1) is 11.0 Å². The summed E-state index contributed by atoms with van der Waals surface area (Å²) in [6.45, 7) is 3.36. The van der Waals surface area contributed by atoms with E-state index in [-0.39, 0.29) is 0 Å². The van der Waals surface area contributed by atoms with Crippen molar-refractivity contribution in [1.29, 1.82) is 0 Å². The lowest BCUT2D eigenvalue weighted by Gasteiger charge is -2.30. The zero-order valence-electron chi connectivity index (χ0n) is 10.8. The third-order valence-electron chi connectivity index (χ3n) is 3.85. The normalized spacial score (nSPS) is 21.5. The van der Waals surface area contributed by atoms with Crippen molar-refractivity contribution >= 4 is 17.0 Å². The van der Waals surface area contributed by atoms with Crippen LogP contribution in [-0.4, -0.2) is 34.6 Å². The summed E-state index contributed by atoms with van der Waals surface area (Å²) in [5.41, 5.74) is 8.20. The van der Waals surface area contributed by atoms with E-state index in [9.17, 15) is 0 Å². The molecule has 0 amide bonds. The number of hydrogen-bond donors (Lipinski definition) is 1. The fourth-order valence-electron chi connectivity index (χ4n) is 2.97. The molecule has 1 aromatic heterocycles. The number of nitrogens with zero attached hydrogens (tertiary/aromatic N) is 3. The number of nitrogen functional groups attached to an aromatic ring is 1. The van der Waals surface area contributed by atoms with Gasteiger partial charge in [0.25, 0.3) is 0 Å². The van der Waals surface area contributed by atoms with Gasteiger partial charge < -0.3 is 15.2 Å². The average Bonchev–Trinajstić information content (AvgIpc) is 2.66. The number of rotatable bonds is 2. The third-order valence-corrected chi connectivity index (χ3v) is 3.85. The summed E-state index contributed by atoms with van der Waals surface area (Å²) in [6.07, 6.45) is 2.57. The Morgan fingerprint density at radius 3 is 3.06 bits per heavy atom. The Kier molecular flexibility index (Phi) is 2.96. The van der Waals surface area contributed by atoms with Crippen molar-refractivity contribution in [2.45, 2.75) is 19.4 Å². The first-order valence-electron chi connectivity index (χ1n) is 6.63. The number of imidazole rings is 1. The summed E-state index contributed by atoms with van der Waals surface area (Å²) in [4.78, 5) is 6.83. The maximum absolute atomic E-state index is 6.04. The third kappa shape index (κ3) is 2.08. The number of piperidine rings is 1. The lowest BCUT2D eigenvalue weighted by molar-refractivity contribution is 0.196. The number of aromatic nitrogens is 2. The largest absolute Gasteiger partial charge is 0.369 e. The Bertz CT molecular complexity index is 546. The highest BCUT2D eigenvalue weighted by Crippen LogP contribution is 2.23. The van der Waals surface area contributed by atoms with Crippen molar-refractivity contribution in [2.75, 3.05) is 25.9 Å². The molecule has 4 nitrogen and oxygen atoms in total. The zero-order chi connectivity index (χ0) is 12.5. The van der Waals surface area contributed by atoms with Crippen LogP contribution in [0.3, 0.4) is 0 Å². The summed E-state index contributed by atoms with van der Waals surface area (Å²) in [7, 11) is 2.20. The molecule has 18 heavy (non-hydrogen) atoms. The van der Waals surface area contributed by atoms with Gasteiger partial charge in [0.2, 0.25) is 5.95 Å². The van der Waals surface area contributed by atoms with Crippen molar-refractivity contribution in [2.24, 2.45) is 5.92 Å². The maximum atomic E-state index is 6.04. The second-order valence-corrected chi connectivity index (χ2v) is 5.34. The first kappa shape index (κ1) is 11.5. The van der Waals surface area contributed by atoms with Gasteiger partial charge in [-0.2, -0.15) is 0 Å². The van der Waals surface area contributed by atoms with Crippen molar-refractivity contribution < 1.29 is 0 Å². The lowest BCUT2D eigenvalue weighted by atomic mass is 9.98. The van der Waals surface area contributed by atoms with Gasteiger partial charge in [-0.15, -0.1) is 0 Å². The smallest absolute Gasteiger partial charge is 0.201 e. The van der Waals surface area contributed by atoms with Crippen LogP contribution in [0.2, 0.25) is 0 Å². The van der Waals surface area contributed by atoms with Gasteiger partial charge in [0.1, 0.15) is 0 Å². The summed E-state index contributed by atoms with van der Waals surface area (Å²) in [6, 6.07) is 8.18. The van der Waals surface area contributed by atoms with Crippen LogP contribution >= 0.6 is 0 Å². The zero-order valence-corrected chi connectivity index (χ0v) is 10.8. The monoisotopic (exact) mass is 244 g/mol. The van der Waals surface area contributed by atoms with Gasteiger partial charge >= 0.3 is 0 Å². The molecule has 0 saturated carbocycles. The van der Waals surface area contributed by atoms with Crippen molar-refractivity contribution in [1.82, 2.24) is 14.5 Å². The molecule has 1 aliphatic heterocycles. The Balaban J connectivity index is 1.87. The number of benzene rings is 1. The highest BCUT2D eigenvalue weighted by atomic mass is 15.2. The van der Waals surface area contributed by atoms with Crippen LogP contribution in [0.15, 0.2) is 24.3 Å². The summed E-state index contributed by atoms with van der Waals surface area (Å²) < 4.78 is 2.17. The quantitative estimate of drug-likeness (QED) is 0.878. The molecule has 1 fully saturated rings. The van der Waals surface area contributed by atoms with E-state index in [0.29, 0.717) is 11.9 Å². The SMILES string of the molecule is CN1CCCC(Cn2c(N)nc3ccccc32)C1. The fourth-order valence-corrected chi connectivity index (χ4v) is 2.97. The van der Waals surface area contributed by atoms with Gasteiger partial charge in [0, 0.05) is 13.1 Å². The molecule has 2 heterocycles. The molecule has 0 radical (unpaired) electrons. The molecule has 1 unspecified atom stereocenters. The highest BCUT2D eigenvalue weighted by Gasteiger charge is 2.19. The minimum atomic E-state index is 0.643. The van der Waals surface area contributed by atoms with E-state index < -0.39 is 0 Å². The van der Waals surface area contributed by atoms with Gasteiger partial charge in [-0.1, -0.05) is 12.1 Å². The van der Waals surface area contributed by atoms with Crippen LogP contribution in [-0.2, 0) is 6.54 Å². The first-order chi connectivity index (χ1) is 8.74. The van der Waals surface area contributed by atoms with Crippen LogP contribution in [0.4, 0.5) is 5.95 Å². The molecule has 1 atom stereocenters. The summed E-state index contributed by atoms with van der Waals surface area (Å²) in [5, 5.41) is 0. The molecule has 0 aliphatic carbocycles. The van der Waals surface area contributed by atoms with Gasteiger partial charge in [-0.3, -0.25) is 0 Å². The number of hydrogen-bond acceptors (Lipinski definition) is 3. The number of nitrogens with two attached hydrogens (primary N) is 1. The topological polar surface area (TPSA) is 47.1 Å². The van der Waals surface area contributed by atoms with Crippen LogP contribution in [0.1, 0.15) is 12.8 Å².